The van der Waals surface area contributed by atoms with Gasteiger partial charge < -0.3 is 10.1 Å². The number of nitrogens with zero attached hydrogens (tertiary/aromatic N) is 3. The first-order valence-corrected chi connectivity index (χ1v) is 10.1. The first-order chi connectivity index (χ1) is 15.1. The zero-order valence-corrected chi connectivity index (χ0v) is 17.6. The molecule has 6 nitrogen and oxygen atoms in total. The van der Waals surface area contributed by atoms with Crippen LogP contribution < -0.4 is 10.1 Å². The number of aromatic nitrogens is 3. The molecule has 6 heteroatoms. The molecule has 4 rings (SSSR count). The van der Waals surface area contributed by atoms with E-state index < -0.39 is 0 Å². The number of methoxy groups -OCH3 is 1. The predicted molar refractivity (Wildman–Crippen MR) is 121 cm³/mol. The van der Waals surface area contributed by atoms with Crippen LogP contribution in [-0.2, 0) is 6.42 Å². The number of ether oxygens (including phenoxy) is 1. The molecule has 0 atom stereocenters. The Bertz CT molecular complexity index is 1190. The summed E-state index contributed by atoms with van der Waals surface area (Å²) in [6.07, 6.45) is 2.41. The van der Waals surface area contributed by atoms with Gasteiger partial charge in [-0.1, -0.05) is 30.3 Å². The molecule has 0 saturated heterocycles. The van der Waals surface area contributed by atoms with E-state index in [4.69, 9.17) is 9.84 Å². The van der Waals surface area contributed by atoms with Crippen molar-refractivity contribution in [3.63, 3.8) is 0 Å². The molecule has 1 amide bonds. The maximum absolute atomic E-state index is 13.1. The SMILES string of the molecule is COc1cccc(-c2cc(C(=O)NCCc3ccccn3)n(-c3cccc(C)c3)n2)c1. The number of nitrogens with one attached hydrogen (secondary N) is 1. The van der Waals surface area contributed by atoms with Crippen LogP contribution in [0.1, 0.15) is 21.7 Å². The van der Waals surface area contributed by atoms with Crippen molar-refractivity contribution in [1.29, 1.82) is 0 Å². The van der Waals surface area contributed by atoms with E-state index in [0.717, 1.165) is 28.3 Å². The minimum absolute atomic E-state index is 0.181. The van der Waals surface area contributed by atoms with E-state index in [-0.39, 0.29) is 5.91 Å². The predicted octanol–water partition coefficient (Wildman–Crippen LogP) is 4.22. The highest BCUT2D eigenvalue weighted by Gasteiger charge is 2.18. The molecule has 0 fully saturated rings. The Morgan fingerprint density at radius 2 is 1.90 bits per heavy atom. The summed E-state index contributed by atoms with van der Waals surface area (Å²) in [4.78, 5) is 17.4. The minimum atomic E-state index is -0.181. The van der Waals surface area contributed by atoms with Gasteiger partial charge in [-0.15, -0.1) is 0 Å². The number of aryl methyl sites for hydroxylation is 1. The number of carbonyl (C=O) groups excluding carboxylic acids is 1. The first kappa shape index (κ1) is 20.3. The lowest BCUT2D eigenvalue weighted by Gasteiger charge is -2.09. The highest BCUT2D eigenvalue weighted by molar-refractivity contribution is 5.94. The van der Waals surface area contributed by atoms with Crippen LogP contribution in [0.25, 0.3) is 16.9 Å². The maximum Gasteiger partial charge on any atom is 0.270 e. The lowest BCUT2D eigenvalue weighted by molar-refractivity contribution is 0.0946. The Kier molecular flexibility index (Phi) is 6.08. The molecule has 0 bridgehead atoms. The molecule has 156 valence electrons. The fourth-order valence-electron chi connectivity index (χ4n) is 3.36. The summed E-state index contributed by atoms with van der Waals surface area (Å²) in [6.45, 7) is 2.51. The van der Waals surface area contributed by atoms with Crippen molar-refractivity contribution in [2.75, 3.05) is 13.7 Å². The van der Waals surface area contributed by atoms with Crippen LogP contribution in [0.4, 0.5) is 0 Å². The number of rotatable bonds is 7. The van der Waals surface area contributed by atoms with Gasteiger partial charge in [0.1, 0.15) is 11.4 Å². The van der Waals surface area contributed by atoms with Crippen molar-refractivity contribution >= 4 is 5.91 Å². The lowest BCUT2D eigenvalue weighted by atomic mass is 10.1. The Labute approximate surface area is 181 Å². The summed E-state index contributed by atoms with van der Waals surface area (Å²) in [7, 11) is 1.63. The van der Waals surface area contributed by atoms with Crippen molar-refractivity contribution in [3.8, 4) is 22.7 Å². The third-order valence-corrected chi connectivity index (χ3v) is 4.95. The first-order valence-electron chi connectivity index (χ1n) is 10.1. The van der Waals surface area contributed by atoms with E-state index in [0.29, 0.717) is 24.4 Å². The third-order valence-electron chi connectivity index (χ3n) is 4.95. The fraction of sp³-hybridized carbons (Fsp3) is 0.160. The molecule has 1 N–H and O–H groups in total. The Hall–Kier alpha value is -3.93. The van der Waals surface area contributed by atoms with Crippen molar-refractivity contribution in [3.05, 3.63) is 95.9 Å². The Balaban J connectivity index is 1.64. The highest BCUT2D eigenvalue weighted by Crippen LogP contribution is 2.25. The molecular formula is C25H24N4O2. The van der Waals surface area contributed by atoms with Gasteiger partial charge in [0.15, 0.2) is 0 Å². The summed E-state index contributed by atoms with van der Waals surface area (Å²) < 4.78 is 7.03. The number of amides is 1. The molecule has 2 aromatic heterocycles. The molecule has 0 spiro atoms. The molecule has 31 heavy (non-hydrogen) atoms. The lowest BCUT2D eigenvalue weighted by Crippen LogP contribution is -2.28. The second-order valence-corrected chi connectivity index (χ2v) is 7.22. The zero-order valence-electron chi connectivity index (χ0n) is 17.6. The Morgan fingerprint density at radius 3 is 2.68 bits per heavy atom. The largest absolute Gasteiger partial charge is 0.497 e. The topological polar surface area (TPSA) is 69.0 Å². The van der Waals surface area contributed by atoms with Crippen molar-refractivity contribution in [1.82, 2.24) is 20.1 Å². The van der Waals surface area contributed by atoms with Crippen molar-refractivity contribution in [2.24, 2.45) is 0 Å². The van der Waals surface area contributed by atoms with Crippen LogP contribution in [0.3, 0.4) is 0 Å². The molecular weight excluding hydrogens is 388 g/mol. The van der Waals surface area contributed by atoms with Gasteiger partial charge in [0, 0.05) is 30.4 Å². The number of pyridine rings is 1. The highest BCUT2D eigenvalue weighted by atomic mass is 16.5. The van der Waals surface area contributed by atoms with Crippen LogP contribution in [0.15, 0.2) is 79.0 Å². The van der Waals surface area contributed by atoms with E-state index in [1.165, 1.54) is 0 Å². The molecule has 2 aromatic carbocycles. The average Bonchev–Trinajstić information content (AvgIpc) is 3.26. The fourth-order valence-corrected chi connectivity index (χ4v) is 3.36. The molecule has 0 unspecified atom stereocenters. The molecule has 2 heterocycles. The van der Waals surface area contributed by atoms with Gasteiger partial charge in [-0.2, -0.15) is 5.10 Å². The molecule has 0 aliphatic heterocycles. The quantitative estimate of drug-likeness (QED) is 0.493. The smallest absolute Gasteiger partial charge is 0.270 e. The summed E-state index contributed by atoms with van der Waals surface area (Å²) in [5.74, 6) is 0.558. The minimum Gasteiger partial charge on any atom is -0.497 e. The zero-order chi connectivity index (χ0) is 21.6. The molecule has 0 aliphatic rings. The normalized spacial score (nSPS) is 10.6. The number of hydrogen-bond acceptors (Lipinski definition) is 4. The van der Waals surface area contributed by atoms with Gasteiger partial charge in [-0.05, 0) is 55.0 Å². The van der Waals surface area contributed by atoms with E-state index in [1.807, 2.05) is 79.7 Å². The van der Waals surface area contributed by atoms with Crippen LogP contribution in [-0.4, -0.2) is 34.3 Å². The van der Waals surface area contributed by atoms with Gasteiger partial charge >= 0.3 is 0 Å². The van der Waals surface area contributed by atoms with E-state index >= 15 is 0 Å². The van der Waals surface area contributed by atoms with E-state index in [2.05, 4.69) is 10.3 Å². The van der Waals surface area contributed by atoms with Gasteiger partial charge in [0.05, 0.1) is 18.5 Å². The van der Waals surface area contributed by atoms with Crippen molar-refractivity contribution in [2.45, 2.75) is 13.3 Å². The second kappa shape index (κ2) is 9.26. The Morgan fingerprint density at radius 1 is 1.03 bits per heavy atom. The molecule has 0 radical (unpaired) electrons. The van der Waals surface area contributed by atoms with Crippen molar-refractivity contribution < 1.29 is 9.53 Å². The maximum atomic E-state index is 13.1. The number of hydrogen-bond donors (Lipinski definition) is 1. The van der Waals surface area contributed by atoms with Gasteiger partial charge in [0.2, 0.25) is 0 Å². The molecule has 0 aliphatic carbocycles. The van der Waals surface area contributed by atoms with Crippen LogP contribution in [0.2, 0.25) is 0 Å². The number of carbonyl (C=O) groups is 1. The number of benzene rings is 2. The molecule has 4 aromatic rings. The van der Waals surface area contributed by atoms with E-state index in [1.54, 1.807) is 18.0 Å². The summed E-state index contributed by atoms with van der Waals surface area (Å²) >= 11 is 0. The van der Waals surface area contributed by atoms with Crippen LogP contribution >= 0.6 is 0 Å². The third kappa shape index (κ3) is 4.80. The average molecular weight is 412 g/mol. The van der Waals surface area contributed by atoms with Gasteiger partial charge in [0.25, 0.3) is 5.91 Å². The monoisotopic (exact) mass is 412 g/mol. The summed E-state index contributed by atoms with van der Waals surface area (Å²) in [5.41, 5.74) is 4.93. The summed E-state index contributed by atoms with van der Waals surface area (Å²) in [6, 6.07) is 23.2. The van der Waals surface area contributed by atoms with Gasteiger partial charge in [-0.3, -0.25) is 9.78 Å². The second-order valence-electron chi connectivity index (χ2n) is 7.22. The van der Waals surface area contributed by atoms with Crippen LogP contribution in [0, 0.1) is 6.92 Å². The summed E-state index contributed by atoms with van der Waals surface area (Å²) in [5, 5.41) is 7.74. The van der Waals surface area contributed by atoms with Gasteiger partial charge in [-0.25, -0.2) is 4.68 Å². The standard InChI is InChI=1S/C25H24N4O2/c1-18-7-5-10-21(15-18)29-24(25(30)27-14-12-20-9-3-4-13-26-20)17-23(28-29)19-8-6-11-22(16-19)31-2/h3-11,13,15-17H,12,14H2,1-2H3,(H,27,30). The molecule has 0 saturated carbocycles. The van der Waals surface area contributed by atoms with E-state index in [9.17, 15) is 4.79 Å². The van der Waals surface area contributed by atoms with Crippen LogP contribution in [0.5, 0.6) is 5.75 Å².